The quantitative estimate of drug-likeness (QED) is 0.765. The minimum Gasteiger partial charge on any atom is -0.497 e. The summed E-state index contributed by atoms with van der Waals surface area (Å²) in [7, 11) is 6.28. The van der Waals surface area contributed by atoms with E-state index < -0.39 is 0 Å². The van der Waals surface area contributed by atoms with Gasteiger partial charge in [-0.1, -0.05) is 12.1 Å². The lowest BCUT2D eigenvalue weighted by molar-refractivity contribution is -0.136. The third kappa shape index (κ3) is 3.25. The van der Waals surface area contributed by atoms with Gasteiger partial charge >= 0.3 is 5.97 Å². The van der Waals surface area contributed by atoms with Crippen LogP contribution >= 0.6 is 0 Å². The Balaban J connectivity index is 2.17. The summed E-state index contributed by atoms with van der Waals surface area (Å²) in [4.78, 5) is 12.2. The predicted octanol–water partition coefficient (Wildman–Crippen LogP) is 3.80. The summed E-state index contributed by atoms with van der Waals surface area (Å²) in [5, 5.41) is 0. The predicted molar refractivity (Wildman–Crippen MR) is 99.0 cm³/mol. The van der Waals surface area contributed by atoms with Crippen molar-refractivity contribution in [2.45, 2.75) is 12.3 Å². The Labute approximate surface area is 153 Å². The molecule has 0 aromatic heterocycles. The van der Waals surface area contributed by atoms with Crippen molar-refractivity contribution in [2.24, 2.45) is 0 Å². The lowest BCUT2D eigenvalue weighted by Crippen LogP contribution is -2.16. The number of ether oxygens (including phenoxy) is 4. The Kier molecular flexibility index (Phi) is 5.16. The second kappa shape index (κ2) is 7.52. The first-order valence-electron chi connectivity index (χ1n) is 8.30. The van der Waals surface area contributed by atoms with Crippen molar-refractivity contribution in [3.63, 3.8) is 0 Å². The van der Waals surface area contributed by atoms with Crippen LogP contribution in [0.1, 0.15) is 29.0 Å². The van der Waals surface area contributed by atoms with Gasteiger partial charge in [0.15, 0.2) is 0 Å². The zero-order chi connectivity index (χ0) is 18.7. The summed E-state index contributed by atoms with van der Waals surface area (Å²) in [6, 6.07) is 11.6. The van der Waals surface area contributed by atoms with Crippen molar-refractivity contribution >= 4 is 12.0 Å². The topological polar surface area (TPSA) is 54.0 Å². The van der Waals surface area contributed by atoms with Crippen molar-refractivity contribution in [1.82, 2.24) is 0 Å². The van der Waals surface area contributed by atoms with E-state index >= 15 is 0 Å². The Hall–Kier alpha value is -2.95. The summed E-state index contributed by atoms with van der Waals surface area (Å²) in [5.74, 6) is 1.85. The summed E-state index contributed by atoms with van der Waals surface area (Å²) in [6.07, 6.45) is 2.39. The van der Waals surface area contributed by atoms with Gasteiger partial charge in [-0.15, -0.1) is 0 Å². The van der Waals surface area contributed by atoms with E-state index in [1.165, 1.54) is 7.11 Å². The molecule has 0 aliphatic heterocycles. The van der Waals surface area contributed by atoms with Crippen molar-refractivity contribution in [1.29, 1.82) is 0 Å². The lowest BCUT2D eigenvalue weighted by atomic mass is 9.78. The van der Waals surface area contributed by atoms with Gasteiger partial charge in [-0.05, 0) is 41.8 Å². The van der Waals surface area contributed by atoms with E-state index in [2.05, 4.69) is 0 Å². The Morgan fingerprint density at radius 1 is 0.923 bits per heavy atom. The fourth-order valence-electron chi connectivity index (χ4n) is 3.36. The number of esters is 1. The van der Waals surface area contributed by atoms with Gasteiger partial charge in [0.05, 0.1) is 28.4 Å². The number of hydrogen-bond acceptors (Lipinski definition) is 5. The number of hydrogen-bond donors (Lipinski definition) is 0. The molecule has 0 saturated carbocycles. The maximum atomic E-state index is 12.2. The van der Waals surface area contributed by atoms with Gasteiger partial charge in [-0.2, -0.15) is 0 Å². The molecule has 1 aliphatic rings. The van der Waals surface area contributed by atoms with Crippen molar-refractivity contribution in [2.75, 3.05) is 28.4 Å². The minimum atomic E-state index is -0.323. The van der Waals surface area contributed by atoms with Crippen LogP contribution in [0.2, 0.25) is 0 Å². The molecule has 2 aromatic rings. The number of carbonyl (C=O) groups is 1. The van der Waals surface area contributed by atoms with E-state index in [1.54, 1.807) is 21.3 Å². The van der Waals surface area contributed by atoms with Crippen molar-refractivity contribution in [3.05, 3.63) is 58.7 Å². The highest BCUT2D eigenvalue weighted by molar-refractivity contribution is 5.95. The third-order valence-corrected chi connectivity index (χ3v) is 4.67. The van der Waals surface area contributed by atoms with Crippen molar-refractivity contribution in [3.8, 4) is 17.2 Å². The number of methoxy groups -OCH3 is 4. The van der Waals surface area contributed by atoms with E-state index in [9.17, 15) is 4.79 Å². The molecular weight excluding hydrogens is 332 g/mol. The Bertz CT molecular complexity index is 836. The average Bonchev–Trinajstić information content (AvgIpc) is 2.71. The molecule has 1 atom stereocenters. The first-order valence-corrected chi connectivity index (χ1v) is 8.30. The molecule has 5 heteroatoms. The molecular formula is C21H22O5. The Morgan fingerprint density at radius 2 is 1.62 bits per heavy atom. The molecule has 0 heterocycles. The second-order valence-electron chi connectivity index (χ2n) is 6.02. The fraction of sp³-hybridized carbons (Fsp3) is 0.286. The van der Waals surface area contributed by atoms with E-state index in [4.69, 9.17) is 18.9 Å². The monoisotopic (exact) mass is 354 g/mol. The highest BCUT2D eigenvalue weighted by atomic mass is 16.5. The zero-order valence-electron chi connectivity index (χ0n) is 15.4. The van der Waals surface area contributed by atoms with Crippen LogP contribution in [0.25, 0.3) is 6.08 Å². The SMILES string of the molecule is COC(=O)C1=Cc2cc(OC)cc(OC)c2C(c2ccc(OC)cc2)C1. The third-order valence-electron chi connectivity index (χ3n) is 4.67. The largest absolute Gasteiger partial charge is 0.497 e. The molecule has 0 radical (unpaired) electrons. The van der Waals surface area contributed by atoms with Crippen LogP contribution in [0.15, 0.2) is 42.0 Å². The van der Waals surface area contributed by atoms with Gasteiger partial charge < -0.3 is 18.9 Å². The van der Waals surface area contributed by atoms with E-state index in [1.807, 2.05) is 42.5 Å². The molecule has 0 spiro atoms. The molecule has 1 unspecified atom stereocenters. The van der Waals surface area contributed by atoms with Crippen LogP contribution < -0.4 is 14.2 Å². The summed E-state index contributed by atoms with van der Waals surface area (Å²) < 4.78 is 21.2. The maximum absolute atomic E-state index is 12.2. The van der Waals surface area contributed by atoms with Crippen LogP contribution in [0.3, 0.4) is 0 Å². The standard InChI is InChI=1S/C21H22O5/c1-23-16-7-5-13(6-8-16)18-11-15(21(22)26-4)9-14-10-17(24-2)12-19(25-3)20(14)18/h5-10,12,18H,11H2,1-4H3. The van der Waals surface area contributed by atoms with E-state index in [0.29, 0.717) is 17.7 Å². The second-order valence-corrected chi connectivity index (χ2v) is 6.02. The fourth-order valence-corrected chi connectivity index (χ4v) is 3.36. The molecule has 0 fully saturated rings. The number of fused-ring (bicyclic) bond motifs is 1. The molecule has 0 amide bonds. The first kappa shape index (κ1) is 17.9. The Morgan fingerprint density at radius 3 is 2.19 bits per heavy atom. The molecule has 0 N–H and O–H groups in total. The first-order chi connectivity index (χ1) is 12.6. The van der Waals surface area contributed by atoms with Gasteiger partial charge in [0.25, 0.3) is 0 Å². The molecule has 5 nitrogen and oxygen atoms in total. The van der Waals surface area contributed by atoms with Crippen LogP contribution in [0.5, 0.6) is 17.2 Å². The smallest absolute Gasteiger partial charge is 0.333 e. The van der Waals surface area contributed by atoms with Gasteiger partial charge in [0, 0.05) is 23.1 Å². The molecule has 26 heavy (non-hydrogen) atoms. The van der Waals surface area contributed by atoms with Crippen LogP contribution in [-0.4, -0.2) is 34.4 Å². The molecule has 3 rings (SSSR count). The molecule has 1 aliphatic carbocycles. The van der Waals surface area contributed by atoms with Gasteiger partial charge in [-0.25, -0.2) is 4.79 Å². The van der Waals surface area contributed by atoms with Crippen molar-refractivity contribution < 1.29 is 23.7 Å². The molecule has 0 saturated heterocycles. The minimum absolute atomic E-state index is 0.0316. The van der Waals surface area contributed by atoms with E-state index in [0.717, 1.165) is 28.2 Å². The molecule has 136 valence electrons. The maximum Gasteiger partial charge on any atom is 0.333 e. The van der Waals surface area contributed by atoms with Gasteiger partial charge in [-0.3, -0.25) is 0 Å². The summed E-state index contributed by atoms with van der Waals surface area (Å²) in [5.41, 5.74) is 3.63. The van der Waals surface area contributed by atoms with Gasteiger partial charge in [0.2, 0.25) is 0 Å². The highest BCUT2D eigenvalue weighted by Crippen LogP contribution is 2.45. The van der Waals surface area contributed by atoms with Crippen LogP contribution in [-0.2, 0) is 9.53 Å². The van der Waals surface area contributed by atoms with Crippen LogP contribution in [0, 0.1) is 0 Å². The van der Waals surface area contributed by atoms with Gasteiger partial charge in [0.1, 0.15) is 17.2 Å². The molecule has 0 bridgehead atoms. The van der Waals surface area contributed by atoms with E-state index in [-0.39, 0.29) is 11.9 Å². The summed E-state index contributed by atoms with van der Waals surface area (Å²) in [6.45, 7) is 0. The number of carbonyl (C=O) groups excluding carboxylic acids is 1. The lowest BCUT2D eigenvalue weighted by Gasteiger charge is -2.27. The highest BCUT2D eigenvalue weighted by Gasteiger charge is 2.30. The number of rotatable bonds is 5. The number of benzene rings is 2. The molecule has 2 aromatic carbocycles. The normalized spacial score (nSPS) is 15.5. The van der Waals surface area contributed by atoms with Crippen LogP contribution in [0.4, 0.5) is 0 Å². The average molecular weight is 354 g/mol. The summed E-state index contributed by atoms with van der Waals surface area (Å²) >= 11 is 0. The zero-order valence-corrected chi connectivity index (χ0v) is 15.4.